The number of thiazole rings is 1. The van der Waals surface area contributed by atoms with Crippen LogP contribution in [0.1, 0.15) is 35.9 Å². The molecule has 0 radical (unpaired) electrons. The summed E-state index contributed by atoms with van der Waals surface area (Å²) in [5.74, 6) is 3.35. The van der Waals surface area contributed by atoms with Gasteiger partial charge in [-0.05, 0) is 43.7 Å². The minimum Gasteiger partial charge on any atom is -0.330 e. The van der Waals surface area contributed by atoms with Gasteiger partial charge in [-0.3, -0.25) is 0 Å². The van der Waals surface area contributed by atoms with Crippen LogP contribution in [0, 0.1) is 0 Å². The van der Waals surface area contributed by atoms with Gasteiger partial charge >= 0.3 is 0 Å². The van der Waals surface area contributed by atoms with Gasteiger partial charge in [0.1, 0.15) is 0 Å². The fourth-order valence-electron chi connectivity index (χ4n) is 1.85. The van der Waals surface area contributed by atoms with Crippen molar-refractivity contribution >= 4 is 23.1 Å². The van der Waals surface area contributed by atoms with Crippen molar-refractivity contribution in [1.82, 2.24) is 4.98 Å². The van der Waals surface area contributed by atoms with E-state index in [1.165, 1.54) is 35.0 Å². The molecule has 0 bridgehead atoms. The lowest BCUT2D eigenvalue weighted by atomic mass is 10.0. The number of hydrogen-bond acceptors (Lipinski definition) is 4. The maximum absolute atomic E-state index is 5.50. The standard InChI is InChI=1S/C11H18N2S2/c12-5-1-2-10-8-15-11(13-10)9-3-6-14-7-4-9/h8-9H,1-7,12H2. The quantitative estimate of drug-likeness (QED) is 0.882. The summed E-state index contributed by atoms with van der Waals surface area (Å²) < 4.78 is 0. The Morgan fingerprint density at radius 2 is 2.20 bits per heavy atom. The van der Waals surface area contributed by atoms with Crippen LogP contribution in [0.25, 0.3) is 0 Å². The average Bonchev–Trinajstić information content (AvgIpc) is 2.76. The first-order chi connectivity index (χ1) is 7.40. The van der Waals surface area contributed by atoms with E-state index in [0.717, 1.165) is 25.3 Å². The van der Waals surface area contributed by atoms with E-state index in [4.69, 9.17) is 10.7 Å². The molecule has 1 aliphatic rings. The van der Waals surface area contributed by atoms with E-state index in [9.17, 15) is 0 Å². The molecule has 0 aliphatic carbocycles. The number of rotatable bonds is 4. The molecule has 1 aromatic heterocycles. The fraction of sp³-hybridized carbons (Fsp3) is 0.727. The number of nitrogens with two attached hydrogens (primary N) is 1. The first-order valence-electron chi connectivity index (χ1n) is 5.62. The highest BCUT2D eigenvalue weighted by Crippen LogP contribution is 2.33. The van der Waals surface area contributed by atoms with Crippen molar-refractivity contribution in [2.24, 2.45) is 5.73 Å². The topological polar surface area (TPSA) is 38.9 Å². The van der Waals surface area contributed by atoms with Crippen molar-refractivity contribution < 1.29 is 0 Å². The third-order valence-corrected chi connectivity index (χ3v) is 4.88. The summed E-state index contributed by atoms with van der Waals surface area (Å²) in [6.07, 6.45) is 4.74. The van der Waals surface area contributed by atoms with E-state index in [1.807, 2.05) is 11.3 Å². The summed E-state index contributed by atoms with van der Waals surface area (Å²) in [5.41, 5.74) is 6.75. The van der Waals surface area contributed by atoms with Crippen LogP contribution in [0.3, 0.4) is 0 Å². The van der Waals surface area contributed by atoms with Crippen molar-refractivity contribution in [3.8, 4) is 0 Å². The number of aryl methyl sites for hydroxylation is 1. The third-order valence-electron chi connectivity index (χ3n) is 2.78. The Morgan fingerprint density at radius 1 is 1.40 bits per heavy atom. The minimum absolute atomic E-state index is 0.739. The molecule has 1 fully saturated rings. The molecule has 0 unspecified atom stereocenters. The van der Waals surface area contributed by atoms with Gasteiger partial charge in [0.25, 0.3) is 0 Å². The number of nitrogens with zero attached hydrogens (tertiary/aromatic N) is 1. The molecule has 4 heteroatoms. The monoisotopic (exact) mass is 242 g/mol. The fourth-order valence-corrected chi connectivity index (χ4v) is 3.98. The highest BCUT2D eigenvalue weighted by atomic mass is 32.2. The smallest absolute Gasteiger partial charge is 0.0959 e. The Morgan fingerprint density at radius 3 is 2.93 bits per heavy atom. The van der Waals surface area contributed by atoms with Crippen LogP contribution in [-0.2, 0) is 6.42 Å². The second kappa shape index (κ2) is 5.87. The van der Waals surface area contributed by atoms with Crippen LogP contribution in [0.2, 0.25) is 0 Å². The second-order valence-corrected chi connectivity index (χ2v) is 6.07. The summed E-state index contributed by atoms with van der Waals surface area (Å²) in [6, 6.07) is 0. The molecule has 15 heavy (non-hydrogen) atoms. The van der Waals surface area contributed by atoms with Crippen LogP contribution < -0.4 is 5.73 Å². The second-order valence-electron chi connectivity index (χ2n) is 3.96. The van der Waals surface area contributed by atoms with Crippen molar-refractivity contribution in [3.05, 3.63) is 16.1 Å². The highest BCUT2D eigenvalue weighted by Gasteiger charge is 2.18. The Bertz CT molecular complexity index is 293. The highest BCUT2D eigenvalue weighted by molar-refractivity contribution is 7.99. The maximum atomic E-state index is 5.50. The van der Waals surface area contributed by atoms with Crippen molar-refractivity contribution in [2.45, 2.75) is 31.6 Å². The Balaban J connectivity index is 1.93. The Hall–Kier alpha value is -0.0600. The predicted molar refractivity (Wildman–Crippen MR) is 68.8 cm³/mol. The zero-order valence-corrected chi connectivity index (χ0v) is 10.6. The van der Waals surface area contributed by atoms with Gasteiger partial charge in [-0.1, -0.05) is 0 Å². The van der Waals surface area contributed by atoms with Gasteiger partial charge in [-0.15, -0.1) is 11.3 Å². The van der Waals surface area contributed by atoms with Crippen LogP contribution in [0.4, 0.5) is 0 Å². The van der Waals surface area contributed by atoms with E-state index in [2.05, 4.69) is 17.1 Å². The van der Waals surface area contributed by atoms with E-state index in [-0.39, 0.29) is 0 Å². The van der Waals surface area contributed by atoms with E-state index in [0.29, 0.717) is 0 Å². The molecule has 0 spiro atoms. The average molecular weight is 242 g/mol. The molecule has 0 saturated carbocycles. The van der Waals surface area contributed by atoms with Gasteiger partial charge in [0, 0.05) is 11.3 Å². The Labute approximate surface area is 99.7 Å². The predicted octanol–water partition coefficient (Wildman–Crippen LogP) is 2.65. The van der Waals surface area contributed by atoms with Crippen LogP contribution in [-0.4, -0.2) is 23.0 Å². The van der Waals surface area contributed by atoms with Crippen LogP contribution >= 0.6 is 23.1 Å². The largest absolute Gasteiger partial charge is 0.330 e. The molecule has 2 N–H and O–H groups in total. The van der Waals surface area contributed by atoms with Crippen LogP contribution in [0.5, 0.6) is 0 Å². The summed E-state index contributed by atoms with van der Waals surface area (Å²) in [6.45, 7) is 0.771. The van der Waals surface area contributed by atoms with Crippen molar-refractivity contribution in [3.63, 3.8) is 0 Å². The summed E-state index contributed by atoms with van der Waals surface area (Å²) in [5, 5.41) is 3.58. The van der Waals surface area contributed by atoms with Crippen LogP contribution in [0.15, 0.2) is 5.38 Å². The first kappa shape index (κ1) is 11.4. The van der Waals surface area contributed by atoms with E-state index in [1.54, 1.807) is 0 Å². The molecule has 2 nitrogen and oxygen atoms in total. The van der Waals surface area contributed by atoms with Gasteiger partial charge in [-0.2, -0.15) is 11.8 Å². The van der Waals surface area contributed by atoms with E-state index < -0.39 is 0 Å². The van der Waals surface area contributed by atoms with Crippen molar-refractivity contribution in [2.75, 3.05) is 18.1 Å². The zero-order valence-electron chi connectivity index (χ0n) is 8.95. The number of aromatic nitrogens is 1. The van der Waals surface area contributed by atoms with Gasteiger partial charge < -0.3 is 5.73 Å². The zero-order chi connectivity index (χ0) is 10.5. The van der Waals surface area contributed by atoms with Gasteiger partial charge in [0.2, 0.25) is 0 Å². The van der Waals surface area contributed by atoms with Crippen molar-refractivity contribution in [1.29, 1.82) is 0 Å². The Kier molecular flexibility index (Phi) is 4.47. The van der Waals surface area contributed by atoms with Gasteiger partial charge in [0.15, 0.2) is 0 Å². The molecule has 1 saturated heterocycles. The minimum atomic E-state index is 0.739. The normalized spacial score (nSPS) is 18.2. The lowest BCUT2D eigenvalue weighted by Gasteiger charge is -2.18. The van der Waals surface area contributed by atoms with E-state index >= 15 is 0 Å². The summed E-state index contributed by atoms with van der Waals surface area (Å²) in [4.78, 5) is 4.73. The first-order valence-corrected chi connectivity index (χ1v) is 7.65. The molecule has 1 aromatic rings. The van der Waals surface area contributed by atoms with Gasteiger partial charge in [-0.25, -0.2) is 4.98 Å². The molecule has 2 heterocycles. The van der Waals surface area contributed by atoms with Gasteiger partial charge in [0.05, 0.1) is 10.7 Å². The maximum Gasteiger partial charge on any atom is 0.0959 e. The molecule has 84 valence electrons. The molecule has 1 aliphatic heterocycles. The molecular formula is C11H18N2S2. The summed E-state index contributed by atoms with van der Waals surface area (Å²) >= 11 is 3.92. The molecule has 0 aromatic carbocycles. The lowest BCUT2D eigenvalue weighted by molar-refractivity contribution is 0.629. The summed E-state index contributed by atoms with van der Waals surface area (Å²) in [7, 11) is 0. The number of thioether (sulfide) groups is 1. The molecular weight excluding hydrogens is 224 g/mol. The molecule has 2 rings (SSSR count). The lowest BCUT2D eigenvalue weighted by Crippen LogP contribution is -2.07. The molecule has 0 atom stereocenters. The SMILES string of the molecule is NCCCc1csc(C2CCSCC2)n1. The third kappa shape index (κ3) is 3.20. The number of hydrogen-bond donors (Lipinski definition) is 1. The molecule has 0 amide bonds.